The number of carboxylic acid groups (broad SMARTS) is 1. The van der Waals surface area contributed by atoms with Crippen LogP contribution < -0.4 is 5.32 Å². The van der Waals surface area contributed by atoms with Gasteiger partial charge in [0.15, 0.2) is 0 Å². The first kappa shape index (κ1) is 14.6. The van der Waals surface area contributed by atoms with E-state index in [2.05, 4.69) is 10.3 Å². The van der Waals surface area contributed by atoms with Gasteiger partial charge in [0.1, 0.15) is 17.8 Å². The summed E-state index contributed by atoms with van der Waals surface area (Å²) in [6.45, 7) is 1.23. The lowest BCUT2D eigenvalue weighted by molar-refractivity contribution is -0.139. The zero-order valence-electron chi connectivity index (χ0n) is 10.3. The number of nitrogens with zero attached hydrogens (tertiary/aromatic N) is 2. The van der Waals surface area contributed by atoms with Gasteiger partial charge < -0.3 is 15.5 Å². The maximum absolute atomic E-state index is 11.8. The number of nitriles is 1. The Labute approximate surface area is 109 Å². The lowest BCUT2D eigenvalue weighted by atomic mass is 10.2. The van der Waals surface area contributed by atoms with Gasteiger partial charge in [-0.3, -0.25) is 4.79 Å². The zero-order chi connectivity index (χ0) is 14.4. The first-order valence-electron chi connectivity index (χ1n) is 5.52. The number of pyridine rings is 1. The first-order valence-corrected chi connectivity index (χ1v) is 5.52. The molecular weight excluding hydrogens is 250 g/mol. The summed E-state index contributed by atoms with van der Waals surface area (Å²) < 4.78 is 0. The van der Waals surface area contributed by atoms with Crippen LogP contribution in [0, 0.1) is 18.3 Å². The Hall–Kier alpha value is -2.46. The fraction of sp³-hybridized carbons (Fsp3) is 0.333. The Morgan fingerprint density at radius 1 is 1.53 bits per heavy atom. The SMILES string of the molecule is Cc1nc(C(=O)N[C@@H](CCO)C(=O)O)ccc1C#N. The van der Waals surface area contributed by atoms with Crippen molar-refractivity contribution in [1.82, 2.24) is 10.3 Å². The fourth-order valence-electron chi connectivity index (χ4n) is 1.42. The van der Waals surface area contributed by atoms with Gasteiger partial charge in [-0.25, -0.2) is 9.78 Å². The number of hydrogen-bond donors (Lipinski definition) is 3. The van der Waals surface area contributed by atoms with Crippen molar-refractivity contribution in [3.8, 4) is 6.07 Å². The second-order valence-electron chi connectivity index (χ2n) is 3.82. The molecule has 1 amide bonds. The number of aliphatic hydroxyl groups excluding tert-OH is 1. The summed E-state index contributed by atoms with van der Waals surface area (Å²) in [4.78, 5) is 26.5. The standard InChI is InChI=1S/C12H13N3O4/c1-7-8(6-13)2-3-9(14-7)11(17)15-10(4-5-16)12(18)19/h2-3,10,16H,4-5H2,1H3,(H,15,17)(H,18,19)/t10-/m0/s1. The predicted octanol–water partition coefficient (Wildman–Crippen LogP) is -0.173. The van der Waals surface area contributed by atoms with E-state index in [1.165, 1.54) is 12.1 Å². The fourth-order valence-corrected chi connectivity index (χ4v) is 1.42. The quantitative estimate of drug-likeness (QED) is 0.677. The van der Waals surface area contributed by atoms with Crippen LogP contribution >= 0.6 is 0 Å². The van der Waals surface area contributed by atoms with E-state index in [0.29, 0.717) is 11.3 Å². The second-order valence-corrected chi connectivity index (χ2v) is 3.82. The van der Waals surface area contributed by atoms with Gasteiger partial charge in [-0.1, -0.05) is 0 Å². The minimum atomic E-state index is -1.23. The van der Waals surface area contributed by atoms with Crippen molar-refractivity contribution >= 4 is 11.9 Å². The summed E-state index contributed by atoms with van der Waals surface area (Å²) in [5.74, 6) is -1.89. The monoisotopic (exact) mass is 263 g/mol. The largest absolute Gasteiger partial charge is 0.480 e. The van der Waals surface area contributed by atoms with E-state index in [1.54, 1.807) is 6.92 Å². The van der Waals surface area contributed by atoms with Crippen molar-refractivity contribution in [1.29, 1.82) is 5.26 Å². The average molecular weight is 263 g/mol. The second kappa shape index (κ2) is 6.47. The highest BCUT2D eigenvalue weighted by Gasteiger charge is 2.20. The molecule has 1 heterocycles. The summed E-state index contributed by atoms with van der Waals surface area (Å²) in [6.07, 6.45) is -0.0870. The summed E-state index contributed by atoms with van der Waals surface area (Å²) in [5.41, 5.74) is 0.770. The van der Waals surface area contributed by atoms with Crippen LogP contribution in [0.4, 0.5) is 0 Å². The third kappa shape index (κ3) is 3.76. The van der Waals surface area contributed by atoms with Gasteiger partial charge in [-0.15, -0.1) is 0 Å². The Bertz CT molecular complexity index is 536. The lowest BCUT2D eigenvalue weighted by Gasteiger charge is -2.13. The molecule has 0 aromatic carbocycles. The van der Waals surface area contributed by atoms with Gasteiger partial charge in [-0.2, -0.15) is 5.26 Å². The van der Waals surface area contributed by atoms with Crippen LogP contribution in [0.5, 0.6) is 0 Å². The number of aliphatic hydroxyl groups is 1. The van der Waals surface area contributed by atoms with Crippen LogP contribution in [0.3, 0.4) is 0 Å². The molecule has 0 bridgehead atoms. The molecule has 1 aromatic heterocycles. The third-order valence-corrected chi connectivity index (χ3v) is 2.46. The Balaban J connectivity index is 2.86. The van der Waals surface area contributed by atoms with E-state index >= 15 is 0 Å². The molecule has 0 saturated heterocycles. The molecule has 7 nitrogen and oxygen atoms in total. The van der Waals surface area contributed by atoms with Gasteiger partial charge in [0.25, 0.3) is 5.91 Å². The molecule has 0 aliphatic rings. The topological polar surface area (TPSA) is 123 Å². The Kier molecular flexibility index (Phi) is 4.97. The van der Waals surface area contributed by atoms with Crippen molar-refractivity contribution in [2.75, 3.05) is 6.61 Å². The number of hydrogen-bond acceptors (Lipinski definition) is 5. The van der Waals surface area contributed by atoms with Gasteiger partial charge in [0.05, 0.1) is 11.3 Å². The van der Waals surface area contributed by atoms with Crippen LogP contribution in [0.2, 0.25) is 0 Å². The molecule has 0 spiro atoms. The number of aryl methyl sites for hydroxylation is 1. The molecule has 7 heteroatoms. The van der Waals surface area contributed by atoms with Crippen LogP contribution in [-0.2, 0) is 4.79 Å². The molecule has 19 heavy (non-hydrogen) atoms. The maximum atomic E-state index is 11.8. The van der Waals surface area contributed by atoms with Crippen LogP contribution in [0.25, 0.3) is 0 Å². The summed E-state index contributed by atoms with van der Waals surface area (Å²) in [6, 6.07) is 3.54. The molecular formula is C12H13N3O4. The highest BCUT2D eigenvalue weighted by Crippen LogP contribution is 2.06. The number of nitrogens with one attached hydrogen (secondary N) is 1. The molecule has 0 aliphatic heterocycles. The molecule has 0 unspecified atom stereocenters. The van der Waals surface area contributed by atoms with Gasteiger partial charge in [-0.05, 0) is 19.1 Å². The smallest absolute Gasteiger partial charge is 0.326 e. The predicted molar refractivity (Wildman–Crippen MR) is 64.3 cm³/mol. The first-order chi connectivity index (χ1) is 8.99. The van der Waals surface area contributed by atoms with Crippen LogP contribution in [0.1, 0.15) is 28.2 Å². The number of carboxylic acids is 1. The molecule has 3 N–H and O–H groups in total. The summed E-state index contributed by atoms with van der Waals surface area (Å²) >= 11 is 0. The van der Waals surface area contributed by atoms with Crippen molar-refractivity contribution in [3.05, 3.63) is 29.1 Å². The molecule has 1 atom stereocenters. The molecule has 0 fully saturated rings. The Morgan fingerprint density at radius 2 is 2.21 bits per heavy atom. The van der Waals surface area contributed by atoms with Crippen molar-refractivity contribution in [2.45, 2.75) is 19.4 Å². The minimum Gasteiger partial charge on any atom is -0.480 e. The minimum absolute atomic E-state index is 0.0284. The summed E-state index contributed by atoms with van der Waals surface area (Å²) in [7, 11) is 0. The molecule has 100 valence electrons. The van der Waals surface area contributed by atoms with Crippen molar-refractivity contribution in [2.24, 2.45) is 0 Å². The molecule has 0 radical (unpaired) electrons. The van der Waals surface area contributed by atoms with Gasteiger partial charge in [0.2, 0.25) is 0 Å². The van der Waals surface area contributed by atoms with Crippen molar-refractivity contribution in [3.63, 3.8) is 0 Å². The van der Waals surface area contributed by atoms with E-state index in [1.807, 2.05) is 6.07 Å². The third-order valence-electron chi connectivity index (χ3n) is 2.46. The van der Waals surface area contributed by atoms with E-state index in [9.17, 15) is 9.59 Å². The van der Waals surface area contributed by atoms with Crippen molar-refractivity contribution < 1.29 is 19.8 Å². The van der Waals surface area contributed by atoms with Gasteiger partial charge >= 0.3 is 5.97 Å². The van der Waals surface area contributed by atoms with Gasteiger partial charge in [0, 0.05) is 13.0 Å². The van der Waals surface area contributed by atoms with E-state index in [0.717, 1.165) is 0 Å². The highest BCUT2D eigenvalue weighted by molar-refractivity contribution is 5.95. The number of rotatable bonds is 5. The van der Waals surface area contributed by atoms with Crippen LogP contribution in [-0.4, -0.2) is 39.7 Å². The molecule has 1 aromatic rings. The van der Waals surface area contributed by atoms with Crippen LogP contribution in [0.15, 0.2) is 12.1 Å². The highest BCUT2D eigenvalue weighted by atomic mass is 16.4. The number of aliphatic carboxylic acids is 1. The lowest BCUT2D eigenvalue weighted by Crippen LogP contribution is -2.41. The maximum Gasteiger partial charge on any atom is 0.326 e. The molecule has 0 saturated carbocycles. The van der Waals surface area contributed by atoms with E-state index in [-0.39, 0.29) is 18.7 Å². The average Bonchev–Trinajstić information content (AvgIpc) is 2.37. The normalized spacial score (nSPS) is 11.4. The molecule has 1 rings (SSSR count). The zero-order valence-corrected chi connectivity index (χ0v) is 10.3. The number of carbonyl (C=O) groups is 2. The number of aromatic nitrogens is 1. The Morgan fingerprint density at radius 3 is 2.68 bits per heavy atom. The number of amides is 1. The van der Waals surface area contributed by atoms with E-state index in [4.69, 9.17) is 15.5 Å². The summed E-state index contributed by atoms with van der Waals surface area (Å²) in [5, 5.41) is 28.6. The molecule has 0 aliphatic carbocycles. The number of carbonyl (C=O) groups excluding carboxylic acids is 1. The van der Waals surface area contributed by atoms with E-state index < -0.39 is 17.9 Å².